The molecular weight excluding hydrogens is 312 g/mol. The van der Waals surface area contributed by atoms with Crippen LogP contribution in [0, 0.1) is 0 Å². The summed E-state index contributed by atoms with van der Waals surface area (Å²) in [5.41, 5.74) is 0. The molecule has 156 valence electrons. The first kappa shape index (κ1) is 56.8. The van der Waals surface area contributed by atoms with E-state index in [-0.39, 0.29) is 39.6 Å². The van der Waals surface area contributed by atoms with Gasteiger partial charge in [-0.15, -0.1) is 39.5 Å². The second-order valence-electron chi connectivity index (χ2n) is 1.90. The van der Waals surface area contributed by atoms with Gasteiger partial charge in [0.15, 0.2) is 0 Å². The Kier molecular flexibility index (Phi) is 923. The Morgan fingerprint density at radius 1 is 0.333 bits per heavy atom. The van der Waals surface area contributed by atoms with Crippen molar-refractivity contribution in [3.05, 3.63) is 39.5 Å². The molecule has 0 aliphatic heterocycles. The van der Waals surface area contributed by atoms with E-state index in [1.807, 2.05) is 0 Å². The smallest absolute Gasteiger partial charge is 0.0402 e. The summed E-state index contributed by atoms with van der Waals surface area (Å²) >= 11 is 0. The molecule has 0 rings (SSSR count). The maximum Gasteiger partial charge on any atom is 0.0402 e. The molecule has 0 spiro atoms. The molecule has 0 aliphatic rings. The molecule has 0 bridgehead atoms. The van der Waals surface area contributed by atoms with Crippen LogP contribution in [0.4, 0.5) is 0 Å². The monoisotopic (exact) mass is 360 g/mol. The van der Waals surface area contributed by atoms with Crippen LogP contribution >= 0.6 is 0 Å². The molecule has 0 aromatic heterocycles. The predicted octanol–water partition coefficient (Wildman–Crippen LogP) is 2.40. The van der Waals surface area contributed by atoms with E-state index < -0.39 is 0 Å². The molecule has 0 saturated heterocycles. The highest BCUT2D eigenvalue weighted by Gasteiger charge is 1.35. The topological polar surface area (TPSA) is 121 Å². The van der Waals surface area contributed by atoms with Gasteiger partial charge < -0.3 is 30.6 Å². The summed E-state index contributed by atoms with van der Waals surface area (Å²) in [6.07, 6.45) is 0. The van der Waals surface area contributed by atoms with E-state index >= 15 is 0 Å². The SMILES string of the molecule is C=C.C=C.C=C.CCO.CCO.CCO.CCO.CCO.CCO. The van der Waals surface area contributed by atoms with Gasteiger partial charge >= 0.3 is 0 Å². The van der Waals surface area contributed by atoms with Crippen molar-refractivity contribution in [2.24, 2.45) is 0 Å². The van der Waals surface area contributed by atoms with Crippen molar-refractivity contribution in [3.8, 4) is 0 Å². The van der Waals surface area contributed by atoms with Crippen LogP contribution in [0.1, 0.15) is 41.5 Å². The zero-order valence-electron chi connectivity index (χ0n) is 17.2. The molecule has 24 heavy (non-hydrogen) atoms. The third kappa shape index (κ3) is 8050. The second-order valence-corrected chi connectivity index (χ2v) is 1.90. The van der Waals surface area contributed by atoms with E-state index in [9.17, 15) is 0 Å². The fourth-order valence-electron chi connectivity index (χ4n) is 0. The molecule has 6 nitrogen and oxygen atoms in total. The van der Waals surface area contributed by atoms with Crippen molar-refractivity contribution < 1.29 is 30.6 Å². The quantitative estimate of drug-likeness (QED) is 0.369. The summed E-state index contributed by atoms with van der Waals surface area (Å²) in [4.78, 5) is 0. The molecule has 6 heteroatoms. The average molecular weight is 361 g/mol. The number of rotatable bonds is 0. The lowest BCUT2D eigenvalue weighted by atomic mass is 10.9. The number of aliphatic hydroxyl groups is 6. The van der Waals surface area contributed by atoms with Crippen molar-refractivity contribution >= 4 is 0 Å². The first-order valence-corrected chi connectivity index (χ1v) is 7.64. The maximum absolute atomic E-state index is 7.57. The number of hydrogen-bond donors (Lipinski definition) is 6. The summed E-state index contributed by atoms with van der Waals surface area (Å²) in [5, 5.41) is 45.4. The van der Waals surface area contributed by atoms with E-state index in [2.05, 4.69) is 39.5 Å². The van der Waals surface area contributed by atoms with Crippen LogP contribution < -0.4 is 0 Å². The molecule has 0 aromatic carbocycles. The van der Waals surface area contributed by atoms with Gasteiger partial charge in [0.05, 0.1) is 0 Å². The Hall–Kier alpha value is -1.02. The summed E-state index contributed by atoms with van der Waals surface area (Å²) in [7, 11) is 0. The van der Waals surface area contributed by atoms with Gasteiger partial charge in [-0.3, -0.25) is 0 Å². The maximum atomic E-state index is 7.57. The summed E-state index contributed by atoms with van der Waals surface area (Å²) in [6, 6.07) is 0. The van der Waals surface area contributed by atoms with Gasteiger partial charge in [0.2, 0.25) is 0 Å². The minimum Gasteiger partial charge on any atom is -0.397 e. The lowest BCUT2D eigenvalue weighted by molar-refractivity contribution is 0.318. The Bertz CT molecular complexity index is 56.3. The van der Waals surface area contributed by atoms with E-state index in [1.165, 1.54) is 0 Å². The fourth-order valence-corrected chi connectivity index (χ4v) is 0. The molecule has 0 atom stereocenters. The van der Waals surface area contributed by atoms with Crippen molar-refractivity contribution in [3.63, 3.8) is 0 Å². The summed E-state index contributed by atoms with van der Waals surface area (Å²) < 4.78 is 0. The highest BCUT2D eigenvalue weighted by Crippen LogP contribution is 1.31. The lowest BCUT2D eigenvalue weighted by Crippen LogP contribution is -1.57. The van der Waals surface area contributed by atoms with Crippen molar-refractivity contribution in [2.75, 3.05) is 39.6 Å². The average Bonchev–Trinajstić information content (AvgIpc) is 2.57. The Balaban J connectivity index is -0.0000000152. The van der Waals surface area contributed by atoms with E-state index in [4.69, 9.17) is 30.6 Å². The van der Waals surface area contributed by atoms with Crippen LogP contribution in [-0.2, 0) is 0 Å². The van der Waals surface area contributed by atoms with Crippen molar-refractivity contribution in [1.29, 1.82) is 0 Å². The molecular formula is C18H48O6. The molecule has 0 saturated carbocycles. The minimum atomic E-state index is 0.250. The van der Waals surface area contributed by atoms with Crippen LogP contribution in [0.5, 0.6) is 0 Å². The lowest BCUT2D eigenvalue weighted by Gasteiger charge is -1.52. The van der Waals surface area contributed by atoms with Crippen LogP contribution in [0.2, 0.25) is 0 Å². The molecule has 0 amide bonds. The predicted molar refractivity (Wildman–Crippen MR) is 110 cm³/mol. The van der Waals surface area contributed by atoms with E-state index in [0.29, 0.717) is 0 Å². The zero-order chi connectivity index (χ0) is 22.2. The van der Waals surface area contributed by atoms with Gasteiger partial charge in [0, 0.05) is 39.6 Å². The van der Waals surface area contributed by atoms with Crippen LogP contribution in [-0.4, -0.2) is 70.3 Å². The molecule has 0 aliphatic carbocycles. The third-order valence-corrected chi connectivity index (χ3v) is 0. The van der Waals surface area contributed by atoms with E-state index in [0.717, 1.165) is 0 Å². The fraction of sp³-hybridized carbons (Fsp3) is 0.667. The van der Waals surface area contributed by atoms with Gasteiger partial charge in [-0.05, 0) is 41.5 Å². The van der Waals surface area contributed by atoms with Gasteiger partial charge in [-0.2, -0.15) is 0 Å². The molecule has 0 aromatic rings. The van der Waals surface area contributed by atoms with Gasteiger partial charge in [0.1, 0.15) is 0 Å². The van der Waals surface area contributed by atoms with Gasteiger partial charge in [-0.25, -0.2) is 0 Å². The molecule has 0 heterocycles. The second kappa shape index (κ2) is 390. The standard InChI is InChI=1S/6C2H6O.3C2H4/c6*1-2-3;3*1-2/h6*3H,2H2,1H3;3*1-2H2. The van der Waals surface area contributed by atoms with Crippen molar-refractivity contribution in [2.45, 2.75) is 41.5 Å². The molecule has 0 radical (unpaired) electrons. The first-order chi connectivity index (χ1) is 11.5. The van der Waals surface area contributed by atoms with Crippen LogP contribution in [0.25, 0.3) is 0 Å². The largest absolute Gasteiger partial charge is 0.397 e. The Morgan fingerprint density at radius 3 is 0.333 bits per heavy atom. The summed E-state index contributed by atoms with van der Waals surface area (Å²) in [5.74, 6) is 0. The third-order valence-electron chi connectivity index (χ3n) is 0. The van der Waals surface area contributed by atoms with Crippen LogP contribution in [0.15, 0.2) is 39.5 Å². The molecule has 0 unspecified atom stereocenters. The summed E-state index contributed by atoms with van der Waals surface area (Å²) in [6.45, 7) is 29.6. The number of hydrogen-bond acceptors (Lipinski definition) is 6. The van der Waals surface area contributed by atoms with Gasteiger partial charge in [-0.1, -0.05) is 0 Å². The van der Waals surface area contributed by atoms with E-state index in [1.54, 1.807) is 41.5 Å². The zero-order valence-corrected chi connectivity index (χ0v) is 17.2. The Morgan fingerprint density at radius 2 is 0.333 bits per heavy atom. The Labute approximate surface area is 152 Å². The highest BCUT2D eigenvalue weighted by atomic mass is 16.3. The van der Waals surface area contributed by atoms with Crippen LogP contribution in [0.3, 0.4) is 0 Å². The first-order valence-electron chi connectivity index (χ1n) is 7.64. The highest BCUT2D eigenvalue weighted by molar-refractivity contribution is 4.22. The molecule has 6 N–H and O–H groups in total. The minimum absolute atomic E-state index is 0.250. The molecule has 0 fully saturated rings. The number of aliphatic hydroxyl groups excluding tert-OH is 6. The normalized spacial score (nSPS) is 5.00. The van der Waals surface area contributed by atoms with Gasteiger partial charge in [0.25, 0.3) is 0 Å². The van der Waals surface area contributed by atoms with Crippen molar-refractivity contribution in [1.82, 2.24) is 0 Å².